The van der Waals surface area contributed by atoms with Gasteiger partial charge in [-0.15, -0.1) is 0 Å². The van der Waals surface area contributed by atoms with E-state index < -0.39 is 87.0 Å². The van der Waals surface area contributed by atoms with Crippen molar-refractivity contribution < 1.29 is 48.7 Å². The predicted molar refractivity (Wildman–Crippen MR) is 120 cm³/mol. The molecule has 3 aliphatic rings. The number of methoxy groups -OCH3 is 1. The summed E-state index contributed by atoms with van der Waals surface area (Å²) in [5.74, 6) is -9.44. The highest BCUT2D eigenvalue weighted by atomic mass is 19.1. The molecule has 7 N–H and O–H groups in total. The fourth-order valence-electron chi connectivity index (χ4n) is 5.54. The number of phenols is 1. The first-order valence-electron chi connectivity index (χ1n) is 10.8. The van der Waals surface area contributed by atoms with Gasteiger partial charge in [0.2, 0.25) is 5.78 Å². The van der Waals surface area contributed by atoms with Gasteiger partial charge < -0.3 is 30.9 Å². The van der Waals surface area contributed by atoms with E-state index in [2.05, 4.69) is 4.74 Å². The van der Waals surface area contributed by atoms with Crippen molar-refractivity contribution in [1.82, 2.24) is 4.90 Å². The van der Waals surface area contributed by atoms with Gasteiger partial charge in [-0.25, -0.2) is 9.18 Å². The third-order valence-corrected chi connectivity index (χ3v) is 7.08. The standard InChI is InChI=1S/C23H24FN3O9/c1-27(2)15-9-5-7-4-8-6-10(24)14(26-22(34)36-3)17(29)11(8)16(28)12(7)19(31)23(9,35)20(32)13(18(15)30)21(25)33/h6-7,9,15,28-29,32,35H,4-5H2,1-3H3,(H2,25,33)(H,26,34). The van der Waals surface area contributed by atoms with Gasteiger partial charge in [-0.1, -0.05) is 0 Å². The number of rotatable bonds is 3. The van der Waals surface area contributed by atoms with E-state index in [0.29, 0.717) is 0 Å². The maximum absolute atomic E-state index is 14.7. The number of likely N-dealkylation sites (N-methyl/N-ethyl adjacent to an activating group) is 1. The third-order valence-electron chi connectivity index (χ3n) is 7.08. The molecular weight excluding hydrogens is 481 g/mol. The van der Waals surface area contributed by atoms with Gasteiger partial charge in [-0.2, -0.15) is 0 Å². The van der Waals surface area contributed by atoms with Crippen LogP contribution in [0.2, 0.25) is 0 Å². The van der Waals surface area contributed by atoms with Crippen LogP contribution in [0.25, 0.3) is 5.76 Å². The lowest BCUT2D eigenvalue weighted by atomic mass is 9.57. The molecule has 3 aliphatic carbocycles. The number of hydrogen-bond acceptors (Lipinski definition) is 10. The van der Waals surface area contributed by atoms with Gasteiger partial charge in [0.05, 0.1) is 18.7 Å². The summed E-state index contributed by atoms with van der Waals surface area (Å²) >= 11 is 0. The Morgan fingerprint density at radius 2 is 1.89 bits per heavy atom. The Bertz CT molecular complexity index is 1300. The maximum Gasteiger partial charge on any atom is 0.411 e. The molecule has 13 heteroatoms. The minimum absolute atomic E-state index is 0.0858. The summed E-state index contributed by atoms with van der Waals surface area (Å²) in [5, 5.41) is 46.0. The molecule has 4 unspecified atom stereocenters. The van der Waals surface area contributed by atoms with Crippen molar-refractivity contribution in [2.45, 2.75) is 24.5 Å². The number of amides is 2. The molecule has 2 amide bonds. The summed E-state index contributed by atoms with van der Waals surface area (Å²) in [4.78, 5) is 51.6. The fourth-order valence-corrected chi connectivity index (χ4v) is 5.54. The topological polar surface area (TPSA) is 200 Å². The van der Waals surface area contributed by atoms with Crippen molar-refractivity contribution in [3.05, 3.63) is 39.9 Å². The minimum atomic E-state index is -2.78. The van der Waals surface area contributed by atoms with Crippen LogP contribution in [0.5, 0.6) is 5.75 Å². The molecular formula is C23H24FN3O9. The lowest BCUT2D eigenvalue weighted by molar-refractivity contribution is -0.153. The number of nitrogens with one attached hydrogen (secondary N) is 1. The number of halogens is 1. The van der Waals surface area contributed by atoms with Crippen molar-refractivity contribution in [3.8, 4) is 5.75 Å². The number of nitrogens with zero attached hydrogens (tertiary/aromatic N) is 1. The number of Topliss-reactive ketones (excluding diaryl/α,β-unsaturated/α-hetero) is 2. The lowest BCUT2D eigenvalue weighted by Crippen LogP contribution is -2.65. The van der Waals surface area contributed by atoms with Crippen molar-refractivity contribution >= 4 is 35.0 Å². The van der Waals surface area contributed by atoms with Gasteiger partial charge in [-0.05, 0) is 44.5 Å². The van der Waals surface area contributed by atoms with E-state index in [-0.39, 0.29) is 24.0 Å². The molecule has 0 aromatic heterocycles. The summed E-state index contributed by atoms with van der Waals surface area (Å²) in [6.45, 7) is 0. The van der Waals surface area contributed by atoms with E-state index in [0.717, 1.165) is 13.2 Å². The summed E-state index contributed by atoms with van der Waals surface area (Å²) in [6, 6.07) is -0.254. The van der Waals surface area contributed by atoms with E-state index in [4.69, 9.17) is 5.73 Å². The summed E-state index contributed by atoms with van der Waals surface area (Å²) in [5.41, 5.74) is 0.196. The zero-order valence-corrected chi connectivity index (χ0v) is 19.5. The quantitative estimate of drug-likeness (QED) is 0.245. The number of carbonyl (C=O) groups excluding carboxylic acids is 4. The maximum atomic E-state index is 14.7. The number of aromatic hydroxyl groups is 1. The smallest absolute Gasteiger partial charge is 0.411 e. The zero-order chi connectivity index (χ0) is 26.9. The molecule has 1 saturated carbocycles. The van der Waals surface area contributed by atoms with Gasteiger partial charge >= 0.3 is 6.09 Å². The van der Waals surface area contributed by atoms with E-state index in [1.807, 2.05) is 5.32 Å². The molecule has 0 aliphatic heterocycles. The first-order chi connectivity index (χ1) is 16.8. The molecule has 36 heavy (non-hydrogen) atoms. The molecule has 1 aromatic carbocycles. The Hall–Kier alpha value is -3.97. The number of fused-ring (bicyclic) bond motifs is 3. The second kappa shape index (κ2) is 8.31. The van der Waals surface area contributed by atoms with Crippen molar-refractivity contribution in [1.29, 1.82) is 0 Å². The Morgan fingerprint density at radius 1 is 1.25 bits per heavy atom. The molecule has 4 atom stereocenters. The van der Waals surface area contributed by atoms with Gasteiger partial charge in [-0.3, -0.25) is 24.6 Å². The van der Waals surface area contributed by atoms with Crippen LogP contribution in [0.3, 0.4) is 0 Å². The number of anilines is 1. The number of aliphatic hydroxyl groups excluding tert-OH is 2. The molecule has 0 spiro atoms. The predicted octanol–water partition coefficient (Wildman–Crippen LogP) is 0.281. The highest BCUT2D eigenvalue weighted by Crippen LogP contribution is 2.53. The van der Waals surface area contributed by atoms with Crippen molar-refractivity contribution in [2.75, 3.05) is 26.5 Å². The molecule has 0 radical (unpaired) electrons. The van der Waals surface area contributed by atoms with Crippen LogP contribution in [0.1, 0.15) is 17.5 Å². The Labute approximate surface area is 203 Å². The fraction of sp³-hybridized carbons (Fsp3) is 0.391. The Balaban J connectivity index is 1.94. The number of hydrogen-bond donors (Lipinski definition) is 6. The minimum Gasteiger partial charge on any atom is -0.508 e. The van der Waals surface area contributed by atoms with E-state index in [9.17, 15) is 44.0 Å². The van der Waals surface area contributed by atoms with E-state index in [1.165, 1.54) is 19.0 Å². The molecule has 4 rings (SSSR count). The summed E-state index contributed by atoms with van der Waals surface area (Å²) in [7, 11) is 3.98. The van der Waals surface area contributed by atoms with Crippen LogP contribution >= 0.6 is 0 Å². The van der Waals surface area contributed by atoms with Crippen LogP contribution in [-0.2, 0) is 25.5 Å². The van der Waals surface area contributed by atoms with Gasteiger partial charge in [0.25, 0.3) is 5.91 Å². The number of benzene rings is 1. The highest BCUT2D eigenvalue weighted by Gasteiger charge is 2.64. The zero-order valence-electron chi connectivity index (χ0n) is 19.5. The molecule has 1 aromatic rings. The van der Waals surface area contributed by atoms with E-state index >= 15 is 0 Å². The van der Waals surface area contributed by atoms with Crippen molar-refractivity contribution in [3.63, 3.8) is 0 Å². The number of nitrogens with two attached hydrogens (primary N) is 1. The van der Waals surface area contributed by atoms with Crippen LogP contribution in [-0.4, -0.2) is 81.7 Å². The van der Waals surface area contributed by atoms with Crippen LogP contribution in [0.4, 0.5) is 14.9 Å². The van der Waals surface area contributed by atoms with Gasteiger partial charge in [0.15, 0.2) is 23.0 Å². The third kappa shape index (κ3) is 3.27. The number of aliphatic hydroxyl groups is 3. The molecule has 12 nitrogen and oxygen atoms in total. The first kappa shape index (κ1) is 25.1. The summed E-state index contributed by atoms with van der Waals surface area (Å²) < 4.78 is 19.1. The van der Waals surface area contributed by atoms with Crippen molar-refractivity contribution in [2.24, 2.45) is 17.6 Å². The molecule has 0 heterocycles. The number of ether oxygens (including phenoxy) is 1. The highest BCUT2D eigenvalue weighted by molar-refractivity contribution is 6.24. The van der Waals surface area contributed by atoms with E-state index in [1.54, 1.807) is 0 Å². The van der Waals surface area contributed by atoms with Crippen LogP contribution in [0.15, 0.2) is 23.0 Å². The molecule has 0 saturated heterocycles. The van der Waals surface area contributed by atoms with Gasteiger partial charge in [0.1, 0.15) is 22.8 Å². The molecule has 0 bridgehead atoms. The van der Waals surface area contributed by atoms with Gasteiger partial charge in [0, 0.05) is 11.5 Å². The average Bonchev–Trinajstić information content (AvgIpc) is 2.78. The monoisotopic (exact) mass is 505 g/mol. The average molecular weight is 505 g/mol. The second-order valence-corrected chi connectivity index (χ2v) is 9.19. The Kier molecular flexibility index (Phi) is 5.80. The van der Waals surface area contributed by atoms with Crippen LogP contribution in [0, 0.1) is 17.7 Å². The normalized spacial score (nSPS) is 27.4. The Morgan fingerprint density at radius 3 is 2.44 bits per heavy atom. The first-order valence-corrected chi connectivity index (χ1v) is 10.8. The van der Waals surface area contributed by atoms with Crippen LogP contribution < -0.4 is 11.1 Å². The summed E-state index contributed by atoms with van der Waals surface area (Å²) in [6.07, 6.45) is -1.32. The lowest BCUT2D eigenvalue weighted by Gasteiger charge is -2.50. The largest absolute Gasteiger partial charge is 0.508 e. The number of carbonyl (C=O) groups is 4. The number of phenolic OH excluding ortho intramolecular Hbond substituents is 1. The number of primary amides is 1. The molecule has 1 fully saturated rings. The molecule has 192 valence electrons. The number of ketones is 2. The SMILES string of the molecule is COC(=O)Nc1c(F)cc2c(c1O)C(O)=C1C(=O)C3(O)C(O)=C(C(N)=O)C(=O)C(N(C)C)C3CC1C2. The second-order valence-electron chi connectivity index (χ2n) is 9.19.